The van der Waals surface area contributed by atoms with Crippen LogP contribution in [0.1, 0.15) is 26.7 Å². The minimum atomic E-state index is -0.278. The molecule has 0 aromatic carbocycles. The SMILES string of the molecule is CC1=C2C(=O)C=C(CO)[C@@H]2[C@@H]2OC(=O)[C@@H](C)[C@@H]2CC1. The molecule has 1 N–H and O–H groups in total. The van der Waals surface area contributed by atoms with Crippen molar-refractivity contribution in [3.63, 3.8) is 0 Å². The summed E-state index contributed by atoms with van der Waals surface area (Å²) in [6.07, 6.45) is 2.93. The number of ketones is 1. The molecule has 0 bridgehead atoms. The number of esters is 1. The zero-order valence-corrected chi connectivity index (χ0v) is 11.2. The first-order valence-corrected chi connectivity index (χ1v) is 6.80. The molecule has 1 fully saturated rings. The molecule has 3 rings (SSSR count). The Morgan fingerprint density at radius 1 is 1.42 bits per heavy atom. The first-order valence-electron chi connectivity index (χ1n) is 6.80. The van der Waals surface area contributed by atoms with Gasteiger partial charge in [0.25, 0.3) is 0 Å². The van der Waals surface area contributed by atoms with Gasteiger partial charge >= 0.3 is 5.97 Å². The molecule has 4 atom stereocenters. The third-order valence-corrected chi connectivity index (χ3v) is 4.80. The Balaban J connectivity index is 2.07. The fourth-order valence-electron chi connectivity index (χ4n) is 3.71. The molecular formula is C15H18O4. The summed E-state index contributed by atoms with van der Waals surface area (Å²) in [6.45, 7) is 3.72. The summed E-state index contributed by atoms with van der Waals surface area (Å²) in [4.78, 5) is 23.9. The molecule has 19 heavy (non-hydrogen) atoms. The lowest BCUT2D eigenvalue weighted by Crippen LogP contribution is -2.29. The first-order chi connectivity index (χ1) is 9.04. The molecule has 1 saturated heterocycles. The van der Waals surface area contributed by atoms with E-state index < -0.39 is 0 Å². The Bertz CT molecular complexity index is 514. The third kappa shape index (κ3) is 1.70. The lowest BCUT2D eigenvalue weighted by atomic mass is 9.81. The van der Waals surface area contributed by atoms with Gasteiger partial charge in [-0.2, -0.15) is 0 Å². The van der Waals surface area contributed by atoms with E-state index in [0.717, 1.165) is 24.0 Å². The molecule has 0 aromatic rings. The van der Waals surface area contributed by atoms with Crippen LogP contribution in [0.25, 0.3) is 0 Å². The highest BCUT2D eigenvalue weighted by Crippen LogP contribution is 2.47. The number of aliphatic hydroxyl groups is 1. The molecular weight excluding hydrogens is 244 g/mol. The predicted molar refractivity (Wildman–Crippen MR) is 68.1 cm³/mol. The van der Waals surface area contributed by atoms with Crippen molar-refractivity contribution in [3.05, 3.63) is 22.8 Å². The summed E-state index contributed by atoms with van der Waals surface area (Å²) in [6, 6.07) is 0. The second-order valence-corrected chi connectivity index (χ2v) is 5.81. The van der Waals surface area contributed by atoms with E-state index >= 15 is 0 Å². The Morgan fingerprint density at radius 3 is 2.84 bits per heavy atom. The Kier molecular flexibility index (Phi) is 2.86. The van der Waals surface area contributed by atoms with Gasteiger partial charge < -0.3 is 9.84 Å². The van der Waals surface area contributed by atoms with Crippen LogP contribution in [0.5, 0.6) is 0 Å². The Morgan fingerprint density at radius 2 is 2.16 bits per heavy atom. The van der Waals surface area contributed by atoms with Crippen LogP contribution < -0.4 is 0 Å². The van der Waals surface area contributed by atoms with E-state index in [4.69, 9.17) is 4.74 Å². The number of carbonyl (C=O) groups excluding carboxylic acids is 2. The Labute approximate surface area is 112 Å². The monoisotopic (exact) mass is 262 g/mol. The molecule has 102 valence electrons. The summed E-state index contributed by atoms with van der Waals surface area (Å²) >= 11 is 0. The van der Waals surface area contributed by atoms with E-state index in [1.807, 2.05) is 13.8 Å². The number of fused-ring (bicyclic) bond motifs is 3. The lowest BCUT2D eigenvalue weighted by molar-refractivity contribution is -0.145. The molecule has 4 heteroatoms. The minimum absolute atomic E-state index is 0.0252. The van der Waals surface area contributed by atoms with E-state index in [1.165, 1.54) is 6.08 Å². The maximum Gasteiger partial charge on any atom is 0.309 e. The van der Waals surface area contributed by atoms with Crippen LogP contribution in [0, 0.1) is 17.8 Å². The van der Waals surface area contributed by atoms with Crippen LogP contribution in [-0.2, 0) is 14.3 Å². The lowest BCUT2D eigenvalue weighted by Gasteiger charge is -2.25. The number of hydrogen-bond acceptors (Lipinski definition) is 4. The molecule has 1 aliphatic heterocycles. The van der Waals surface area contributed by atoms with Gasteiger partial charge in [0, 0.05) is 17.4 Å². The average molecular weight is 262 g/mol. The summed E-state index contributed by atoms with van der Waals surface area (Å²) in [7, 11) is 0. The average Bonchev–Trinajstić information content (AvgIpc) is 2.80. The quantitative estimate of drug-likeness (QED) is 0.725. The van der Waals surface area contributed by atoms with Crippen LogP contribution in [0.3, 0.4) is 0 Å². The standard InChI is InChI=1S/C15H18O4/c1-7-3-4-10-8(2)15(18)19-14(10)13-9(6-16)5-11(17)12(7)13/h5,8,10,13-14,16H,3-4,6H2,1-2H3/t8-,10-,13-,14+/m0/s1. The topological polar surface area (TPSA) is 63.6 Å². The van der Waals surface area contributed by atoms with Crippen molar-refractivity contribution in [1.29, 1.82) is 0 Å². The second-order valence-electron chi connectivity index (χ2n) is 5.81. The molecule has 2 aliphatic carbocycles. The van der Waals surface area contributed by atoms with Gasteiger partial charge in [-0.05, 0) is 31.4 Å². The molecule has 0 amide bonds. The Hall–Kier alpha value is -1.42. The van der Waals surface area contributed by atoms with Crippen LogP contribution >= 0.6 is 0 Å². The highest BCUT2D eigenvalue weighted by atomic mass is 16.6. The van der Waals surface area contributed by atoms with Gasteiger partial charge in [0.15, 0.2) is 5.78 Å². The van der Waals surface area contributed by atoms with E-state index in [2.05, 4.69) is 0 Å². The van der Waals surface area contributed by atoms with E-state index in [9.17, 15) is 14.7 Å². The van der Waals surface area contributed by atoms with Crippen molar-refractivity contribution in [2.45, 2.75) is 32.8 Å². The van der Waals surface area contributed by atoms with Crippen molar-refractivity contribution in [3.8, 4) is 0 Å². The van der Waals surface area contributed by atoms with Crippen molar-refractivity contribution in [2.75, 3.05) is 6.61 Å². The third-order valence-electron chi connectivity index (χ3n) is 4.80. The van der Waals surface area contributed by atoms with Crippen molar-refractivity contribution in [1.82, 2.24) is 0 Å². The molecule has 0 radical (unpaired) electrons. The maximum absolute atomic E-state index is 12.1. The largest absolute Gasteiger partial charge is 0.461 e. The smallest absolute Gasteiger partial charge is 0.309 e. The van der Waals surface area contributed by atoms with E-state index in [1.54, 1.807) is 0 Å². The second kappa shape index (κ2) is 4.30. The molecule has 0 aromatic heterocycles. The molecule has 3 aliphatic rings. The maximum atomic E-state index is 12.1. The van der Waals surface area contributed by atoms with Crippen LogP contribution in [0.2, 0.25) is 0 Å². The van der Waals surface area contributed by atoms with Gasteiger partial charge in [0.2, 0.25) is 0 Å². The van der Waals surface area contributed by atoms with Crippen molar-refractivity contribution < 1.29 is 19.4 Å². The molecule has 0 saturated carbocycles. The molecule has 4 nitrogen and oxygen atoms in total. The molecule has 0 spiro atoms. The zero-order chi connectivity index (χ0) is 13.7. The number of hydrogen-bond donors (Lipinski definition) is 1. The van der Waals surface area contributed by atoms with Crippen molar-refractivity contribution >= 4 is 11.8 Å². The van der Waals surface area contributed by atoms with Crippen LogP contribution in [-0.4, -0.2) is 29.6 Å². The van der Waals surface area contributed by atoms with Gasteiger partial charge in [0.1, 0.15) is 6.10 Å². The summed E-state index contributed by atoms with van der Waals surface area (Å²) in [5.41, 5.74) is 2.52. The van der Waals surface area contributed by atoms with Gasteiger partial charge in [-0.15, -0.1) is 0 Å². The van der Waals surface area contributed by atoms with E-state index in [-0.39, 0.29) is 42.2 Å². The number of rotatable bonds is 1. The van der Waals surface area contributed by atoms with Gasteiger partial charge in [-0.1, -0.05) is 12.5 Å². The van der Waals surface area contributed by atoms with Gasteiger partial charge in [-0.3, -0.25) is 9.59 Å². The highest BCUT2D eigenvalue weighted by Gasteiger charge is 2.51. The fraction of sp³-hybridized carbons (Fsp3) is 0.600. The molecule has 1 heterocycles. The van der Waals surface area contributed by atoms with Gasteiger partial charge in [-0.25, -0.2) is 0 Å². The van der Waals surface area contributed by atoms with Crippen molar-refractivity contribution in [2.24, 2.45) is 17.8 Å². The van der Waals surface area contributed by atoms with Crippen LogP contribution in [0.15, 0.2) is 22.8 Å². The fourth-order valence-corrected chi connectivity index (χ4v) is 3.71. The number of allylic oxidation sites excluding steroid dienone is 2. The zero-order valence-electron chi connectivity index (χ0n) is 11.2. The molecule has 0 unspecified atom stereocenters. The summed E-state index contributed by atoms with van der Waals surface area (Å²) in [5, 5.41) is 9.47. The first kappa shape index (κ1) is 12.6. The summed E-state index contributed by atoms with van der Waals surface area (Å²) < 4.78 is 5.52. The number of carbonyl (C=O) groups is 2. The highest BCUT2D eigenvalue weighted by molar-refractivity contribution is 6.09. The summed E-state index contributed by atoms with van der Waals surface area (Å²) in [5.74, 6) is -0.397. The van der Waals surface area contributed by atoms with Gasteiger partial charge in [0.05, 0.1) is 12.5 Å². The van der Waals surface area contributed by atoms with E-state index in [0.29, 0.717) is 5.57 Å². The number of ether oxygens (including phenoxy) is 1. The minimum Gasteiger partial charge on any atom is -0.461 e. The van der Waals surface area contributed by atoms with Crippen LogP contribution in [0.4, 0.5) is 0 Å². The normalized spacial score (nSPS) is 37.7. The number of aliphatic hydroxyl groups excluding tert-OH is 1. The predicted octanol–water partition coefficient (Wildman–Crippen LogP) is 1.39.